The summed E-state index contributed by atoms with van der Waals surface area (Å²) in [6, 6.07) is 3.35. The second-order valence-corrected chi connectivity index (χ2v) is 3.78. The van der Waals surface area contributed by atoms with Gasteiger partial charge in [-0.15, -0.1) is 0 Å². The zero-order valence-corrected chi connectivity index (χ0v) is 11.4. The standard InChI is InChI=1S/C13H18O6/c1-16-10-6-8(5-9(14)13(15)19-4)7-11(17-2)12(10)18-3/h6-7,9,14H,5H2,1-4H3/t9-/m1/s1. The molecule has 0 saturated carbocycles. The van der Waals surface area contributed by atoms with Gasteiger partial charge in [0.1, 0.15) is 0 Å². The van der Waals surface area contributed by atoms with E-state index < -0.39 is 12.1 Å². The van der Waals surface area contributed by atoms with Crippen molar-refractivity contribution in [1.29, 1.82) is 0 Å². The third-order valence-electron chi connectivity index (χ3n) is 2.63. The minimum Gasteiger partial charge on any atom is -0.493 e. The largest absolute Gasteiger partial charge is 0.493 e. The van der Waals surface area contributed by atoms with Gasteiger partial charge in [0.25, 0.3) is 0 Å². The van der Waals surface area contributed by atoms with Crippen LogP contribution in [0.2, 0.25) is 0 Å². The molecule has 0 radical (unpaired) electrons. The molecule has 1 rings (SSSR count). The maximum atomic E-state index is 11.2. The molecule has 0 amide bonds. The Morgan fingerprint density at radius 2 is 1.63 bits per heavy atom. The summed E-state index contributed by atoms with van der Waals surface area (Å²) in [6.07, 6.45) is -1.13. The molecule has 0 bridgehead atoms. The summed E-state index contributed by atoms with van der Waals surface area (Å²) >= 11 is 0. The molecule has 1 aromatic rings. The number of ether oxygens (including phenoxy) is 4. The molecule has 0 spiro atoms. The van der Waals surface area contributed by atoms with Crippen molar-refractivity contribution in [2.45, 2.75) is 12.5 Å². The van der Waals surface area contributed by atoms with Crippen LogP contribution in [-0.4, -0.2) is 45.6 Å². The maximum Gasteiger partial charge on any atom is 0.335 e. The van der Waals surface area contributed by atoms with Gasteiger partial charge in [0.2, 0.25) is 5.75 Å². The Labute approximate surface area is 111 Å². The molecule has 6 heteroatoms. The van der Waals surface area contributed by atoms with Gasteiger partial charge in [0.15, 0.2) is 17.6 Å². The number of esters is 1. The second-order valence-electron chi connectivity index (χ2n) is 3.78. The Morgan fingerprint density at radius 3 is 2.00 bits per heavy atom. The van der Waals surface area contributed by atoms with Gasteiger partial charge in [-0.1, -0.05) is 0 Å². The third kappa shape index (κ3) is 3.51. The molecular weight excluding hydrogens is 252 g/mol. The number of aliphatic hydroxyl groups is 1. The summed E-state index contributed by atoms with van der Waals surface area (Å²) in [5.74, 6) is 0.706. The van der Waals surface area contributed by atoms with E-state index in [1.54, 1.807) is 12.1 Å². The Hall–Kier alpha value is -1.95. The molecule has 0 aliphatic rings. The van der Waals surface area contributed by atoms with E-state index in [-0.39, 0.29) is 6.42 Å². The average Bonchev–Trinajstić information content (AvgIpc) is 2.44. The third-order valence-corrected chi connectivity index (χ3v) is 2.63. The van der Waals surface area contributed by atoms with E-state index in [9.17, 15) is 9.90 Å². The number of benzene rings is 1. The summed E-state index contributed by atoms with van der Waals surface area (Å²) in [6.45, 7) is 0. The van der Waals surface area contributed by atoms with Crippen molar-refractivity contribution < 1.29 is 28.8 Å². The average molecular weight is 270 g/mol. The van der Waals surface area contributed by atoms with Crippen LogP contribution in [0.1, 0.15) is 5.56 Å². The molecule has 0 aliphatic carbocycles. The van der Waals surface area contributed by atoms with E-state index in [1.165, 1.54) is 28.4 Å². The first-order valence-corrected chi connectivity index (χ1v) is 5.62. The summed E-state index contributed by atoms with van der Waals surface area (Å²) < 4.78 is 20.0. The second kappa shape index (κ2) is 6.84. The number of rotatable bonds is 6. The highest BCUT2D eigenvalue weighted by molar-refractivity contribution is 5.74. The number of hydrogen-bond acceptors (Lipinski definition) is 6. The topological polar surface area (TPSA) is 74.2 Å². The van der Waals surface area contributed by atoms with Gasteiger partial charge in [-0.2, -0.15) is 0 Å². The lowest BCUT2D eigenvalue weighted by Crippen LogP contribution is -2.24. The van der Waals surface area contributed by atoms with Crippen LogP contribution in [0, 0.1) is 0 Å². The Bertz CT molecular complexity index is 418. The molecule has 106 valence electrons. The van der Waals surface area contributed by atoms with Gasteiger partial charge in [-0.25, -0.2) is 4.79 Å². The number of aliphatic hydroxyl groups excluding tert-OH is 1. The number of methoxy groups -OCH3 is 4. The lowest BCUT2D eigenvalue weighted by atomic mass is 10.1. The molecule has 0 aromatic heterocycles. The molecular formula is C13H18O6. The van der Waals surface area contributed by atoms with Crippen molar-refractivity contribution in [3.8, 4) is 17.2 Å². The van der Waals surface area contributed by atoms with Gasteiger partial charge in [-0.05, 0) is 17.7 Å². The fraction of sp³-hybridized carbons (Fsp3) is 0.462. The van der Waals surface area contributed by atoms with Crippen molar-refractivity contribution >= 4 is 5.97 Å². The van der Waals surface area contributed by atoms with Crippen molar-refractivity contribution in [2.24, 2.45) is 0 Å². The predicted octanol–water partition coefficient (Wildman–Crippen LogP) is 0.789. The van der Waals surface area contributed by atoms with Crippen molar-refractivity contribution in [2.75, 3.05) is 28.4 Å². The van der Waals surface area contributed by atoms with E-state index in [1.807, 2.05) is 0 Å². The SMILES string of the molecule is COC(=O)[C@H](O)Cc1cc(OC)c(OC)c(OC)c1. The first-order valence-electron chi connectivity index (χ1n) is 5.62. The molecule has 1 atom stereocenters. The van der Waals surface area contributed by atoms with Gasteiger partial charge in [0, 0.05) is 6.42 Å². The normalized spacial score (nSPS) is 11.6. The first kappa shape index (κ1) is 15.1. The fourth-order valence-corrected chi connectivity index (χ4v) is 1.70. The van der Waals surface area contributed by atoms with E-state index in [0.717, 1.165) is 0 Å². The van der Waals surface area contributed by atoms with Crippen LogP contribution in [0.5, 0.6) is 17.2 Å². The number of hydrogen-bond donors (Lipinski definition) is 1. The molecule has 6 nitrogen and oxygen atoms in total. The van der Waals surface area contributed by atoms with Crippen LogP contribution < -0.4 is 14.2 Å². The van der Waals surface area contributed by atoms with Crippen molar-refractivity contribution in [3.05, 3.63) is 17.7 Å². The summed E-state index contributed by atoms with van der Waals surface area (Å²) in [5, 5.41) is 9.64. The Kier molecular flexibility index (Phi) is 5.44. The van der Waals surface area contributed by atoms with Gasteiger partial charge >= 0.3 is 5.97 Å². The molecule has 0 saturated heterocycles. The summed E-state index contributed by atoms with van der Waals surface area (Å²) in [5.41, 5.74) is 0.674. The van der Waals surface area contributed by atoms with E-state index in [4.69, 9.17) is 14.2 Å². The monoisotopic (exact) mass is 270 g/mol. The highest BCUT2D eigenvalue weighted by Gasteiger charge is 2.19. The van der Waals surface area contributed by atoms with Crippen molar-refractivity contribution in [3.63, 3.8) is 0 Å². The maximum absolute atomic E-state index is 11.2. The van der Waals surface area contributed by atoms with Crippen LogP contribution in [-0.2, 0) is 16.0 Å². The number of carbonyl (C=O) groups is 1. The Morgan fingerprint density at radius 1 is 1.11 bits per heavy atom. The smallest absolute Gasteiger partial charge is 0.335 e. The van der Waals surface area contributed by atoms with Gasteiger partial charge < -0.3 is 24.1 Å². The minimum atomic E-state index is -1.23. The van der Waals surface area contributed by atoms with Crippen LogP contribution in [0.25, 0.3) is 0 Å². The highest BCUT2D eigenvalue weighted by atomic mass is 16.5. The summed E-state index contributed by atoms with van der Waals surface area (Å²) in [4.78, 5) is 11.2. The molecule has 0 aliphatic heterocycles. The van der Waals surface area contributed by atoms with Crippen LogP contribution in [0.15, 0.2) is 12.1 Å². The Balaban J connectivity index is 3.06. The van der Waals surface area contributed by atoms with Crippen LogP contribution >= 0.6 is 0 Å². The zero-order valence-electron chi connectivity index (χ0n) is 11.4. The molecule has 1 N–H and O–H groups in total. The van der Waals surface area contributed by atoms with Gasteiger partial charge in [0.05, 0.1) is 28.4 Å². The first-order chi connectivity index (χ1) is 9.07. The molecule has 0 unspecified atom stereocenters. The number of carbonyl (C=O) groups excluding carboxylic acids is 1. The van der Waals surface area contributed by atoms with Crippen LogP contribution in [0.4, 0.5) is 0 Å². The van der Waals surface area contributed by atoms with Crippen LogP contribution in [0.3, 0.4) is 0 Å². The zero-order chi connectivity index (χ0) is 14.4. The molecule has 0 heterocycles. The van der Waals surface area contributed by atoms with E-state index >= 15 is 0 Å². The minimum absolute atomic E-state index is 0.101. The molecule has 0 fully saturated rings. The quantitative estimate of drug-likeness (QED) is 0.770. The highest BCUT2D eigenvalue weighted by Crippen LogP contribution is 2.38. The fourth-order valence-electron chi connectivity index (χ4n) is 1.70. The molecule has 1 aromatic carbocycles. The van der Waals surface area contributed by atoms with Crippen molar-refractivity contribution in [1.82, 2.24) is 0 Å². The lowest BCUT2D eigenvalue weighted by molar-refractivity contribution is -0.150. The van der Waals surface area contributed by atoms with Gasteiger partial charge in [-0.3, -0.25) is 0 Å². The van der Waals surface area contributed by atoms with E-state index in [2.05, 4.69) is 4.74 Å². The molecule has 19 heavy (non-hydrogen) atoms. The lowest BCUT2D eigenvalue weighted by Gasteiger charge is -2.15. The summed E-state index contributed by atoms with van der Waals surface area (Å²) in [7, 11) is 5.72. The predicted molar refractivity (Wildman–Crippen MR) is 67.8 cm³/mol. The van der Waals surface area contributed by atoms with E-state index in [0.29, 0.717) is 22.8 Å².